The molecule has 0 spiro atoms. The minimum atomic E-state index is -3.65. The third-order valence-corrected chi connectivity index (χ3v) is 3.33. The van der Waals surface area contributed by atoms with Gasteiger partial charge in [0, 0.05) is 0 Å². The fraction of sp³-hybridized carbons (Fsp3) is 0.429. The number of carbonyl (C=O) groups is 2. The highest BCUT2D eigenvalue weighted by molar-refractivity contribution is 7.89. The van der Waals surface area contributed by atoms with E-state index in [0.717, 1.165) is 11.8 Å². The van der Waals surface area contributed by atoms with Gasteiger partial charge in [0.2, 0.25) is 15.9 Å². The van der Waals surface area contributed by atoms with Gasteiger partial charge in [-0.1, -0.05) is 44.2 Å². The van der Waals surface area contributed by atoms with Crippen LogP contribution in [0.1, 0.15) is 19.4 Å². The van der Waals surface area contributed by atoms with Gasteiger partial charge < -0.3 is 5.32 Å². The Balaban J connectivity index is 2.70. The third-order valence-electron chi connectivity index (χ3n) is 2.76. The molecule has 116 valence electrons. The Morgan fingerprint density at radius 2 is 1.71 bits per heavy atom. The number of hydrogen-bond acceptors (Lipinski definition) is 4. The van der Waals surface area contributed by atoms with Crippen molar-refractivity contribution in [3.8, 4) is 0 Å². The molecule has 0 saturated carbocycles. The topological polar surface area (TPSA) is 92.3 Å². The molecule has 1 aromatic carbocycles. The van der Waals surface area contributed by atoms with Crippen LogP contribution in [0.3, 0.4) is 0 Å². The van der Waals surface area contributed by atoms with Crippen LogP contribution in [-0.2, 0) is 26.0 Å². The molecule has 0 saturated heterocycles. The summed E-state index contributed by atoms with van der Waals surface area (Å²) in [6.07, 6.45) is 1.03. The minimum absolute atomic E-state index is 0.135. The van der Waals surface area contributed by atoms with Crippen LogP contribution in [0.2, 0.25) is 0 Å². The quantitative estimate of drug-likeness (QED) is 0.797. The van der Waals surface area contributed by atoms with Crippen LogP contribution >= 0.6 is 0 Å². The lowest BCUT2D eigenvalue weighted by atomic mass is 10.0. The van der Waals surface area contributed by atoms with E-state index in [0.29, 0.717) is 0 Å². The van der Waals surface area contributed by atoms with E-state index in [-0.39, 0.29) is 18.2 Å². The Morgan fingerprint density at radius 3 is 2.19 bits per heavy atom. The van der Waals surface area contributed by atoms with Crippen LogP contribution in [0.4, 0.5) is 0 Å². The van der Waals surface area contributed by atoms with Crippen molar-refractivity contribution in [3.63, 3.8) is 0 Å². The number of carbonyl (C=O) groups excluding carboxylic acids is 2. The van der Waals surface area contributed by atoms with Crippen LogP contribution in [0.25, 0.3) is 0 Å². The molecule has 2 N–H and O–H groups in total. The standard InChI is InChI=1S/C14H20N2O4S/c1-10(2)13(14(18)16-21(3,19)20)15-12(17)9-11-7-5-4-6-8-11/h4-8,10,13H,9H2,1-3H3,(H,15,17)(H,16,18)/t13-/m1/s1. The van der Waals surface area contributed by atoms with Crippen molar-refractivity contribution in [2.24, 2.45) is 5.92 Å². The molecule has 0 radical (unpaired) electrons. The fourth-order valence-electron chi connectivity index (χ4n) is 1.79. The van der Waals surface area contributed by atoms with E-state index in [4.69, 9.17) is 0 Å². The van der Waals surface area contributed by atoms with E-state index in [1.807, 2.05) is 22.9 Å². The molecular formula is C14H20N2O4S. The number of benzene rings is 1. The van der Waals surface area contributed by atoms with Crippen LogP contribution in [0, 0.1) is 5.92 Å². The number of sulfonamides is 1. The maximum atomic E-state index is 12.0. The summed E-state index contributed by atoms with van der Waals surface area (Å²) in [6, 6.07) is 8.20. The van der Waals surface area contributed by atoms with Crippen molar-refractivity contribution in [1.29, 1.82) is 0 Å². The Labute approximate surface area is 125 Å². The van der Waals surface area contributed by atoms with Gasteiger partial charge in [-0.2, -0.15) is 0 Å². The number of amides is 2. The van der Waals surface area contributed by atoms with E-state index in [1.54, 1.807) is 26.0 Å². The molecule has 0 heterocycles. The first-order valence-electron chi connectivity index (χ1n) is 6.54. The summed E-state index contributed by atoms with van der Waals surface area (Å²) in [5, 5.41) is 2.57. The van der Waals surface area contributed by atoms with Gasteiger partial charge in [0.1, 0.15) is 6.04 Å². The van der Waals surface area contributed by atoms with Gasteiger partial charge >= 0.3 is 0 Å². The van der Waals surface area contributed by atoms with E-state index in [1.165, 1.54) is 0 Å². The normalized spacial score (nSPS) is 12.8. The molecule has 0 aliphatic heterocycles. The Hall–Kier alpha value is -1.89. The summed E-state index contributed by atoms with van der Waals surface area (Å²) in [5.41, 5.74) is 0.820. The second-order valence-electron chi connectivity index (χ2n) is 5.19. The lowest BCUT2D eigenvalue weighted by Gasteiger charge is -2.21. The monoisotopic (exact) mass is 312 g/mol. The van der Waals surface area contributed by atoms with Gasteiger partial charge in [-0.25, -0.2) is 8.42 Å². The molecule has 0 bridgehead atoms. The van der Waals surface area contributed by atoms with E-state index < -0.39 is 22.0 Å². The summed E-state index contributed by atoms with van der Waals surface area (Å²) >= 11 is 0. The summed E-state index contributed by atoms with van der Waals surface area (Å²) in [4.78, 5) is 23.8. The van der Waals surface area contributed by atoms with Crippen molar-refractivity contribution >= 4 is 21.8 Å². The van der Waals surface area contributed by atoms with Crippen LogP contribution in [0.15, 0.2) is 30.3 Å². The van der Waals surface area contributed by atoms with Gasteiger partial charge in [-0.05, 0) is 11.5 Å². The summed E-state index contributed by atoms with van der Waals surface area (Å²) in [5.74, 6) is -1.29. The van der Waals surface area contributed by atoms with Gasteiger partial charge in [-0.3, -0.25) is 14.3 Å². The average Bonchev–Trinajstić information content (AvgIpc) is 2.34. The maximum Gasteiger partial charge on any atom is 0.256 e. The molecule has 0 unspecified atom stereocenters. The number of nitrogens with one attached hydrogen (secondary N) is 2. The number of rotatable bonds is 6. The van der Waals surface area contributed by atoms with E-state index >= 15 is 0 Å². The molecule has 0 fully saturated rings. The van der Waals surface area contributed by atoms with Gasteiger partial charge in [-0.15, -0.1) is 0 Å². The highest BCUT2D eigenvalue weighted by Crippen LogP contribution is 2.05. The van der Waals surface area contributed by atoms with E-state index in [9.17, 15) is 18.0 Å². The van der Waals surface area contributed by atoms with E-state index in [2.05, 4.69) is 5.32 Å². The molecule has 0 aromatic heterocycles. The Kier molecular flexibility index (Phi) is 5.90. The van der Waals surface area contributed by atoms with Crippen LogP contribution in [0.5, 0.6) is 0 Å². The van der Waals surface area contributed by atoms with Gasteiger partial charge in [0.05, 0.1) is 12.7 Å². The highest BCUT2D eigenvalue weighted by Gasteiger charge is 2.26. The molecule has 2 amide bonds. The molecule has 1 atom stereocenters. The molecule has 1 aromatic rings. The summed E-state index contributed by atoms with van der Waals surface area (Å²) in [6.45, 7) is 3.46. The average molecular weight is 312 g/mol. The largest absolute Gasteiger partial charge is 0.344 e. The van der Waals surface area contributed by atoms with Crippen molar-refractivity contribution < 1.29 is 18.0 Å². The smallest absolute Gasteiger partial charge is 0.256 e. The van der Waals surface area contributed by atoms with Crippen molar-refractivity contribution in [1.82, 2.24) is 10.0 Å². The first kappa shape index (κ1) is 17.2. The molecule has 6 nitrogen and oxygen atoms in total. The van der Waals surface area contributed by atoms with Crippen molar-refractivity contribution in [2.75, 3.05) is 6.26 Å². The molecular weight excluding hydrogens is 292 g/mol. The van der Waals surface area contributed by atoms with Gasteiger partial charge in [0.15, 0.2) is 0 Å². The lowest BCUT2D eigenvalue weighted by molar-refractivity contribution is -0.128. The predicted octanol–water partition coefficient (Wildman–Crippen LogP) is 0.446. The first-order chi connectivity index (χ1) is 9.69. The van der Waals surface area contributed by atoms with Crippen LogP contribution < -0.4 is 10.0 Å². The SMILES string of the molecule is CC(C)[C@@H](NC(=O)Cc1ccccc1)C(=O)NS(C)(=O)=O. The molecule has 0 aliphatic rings. The molecule has 1 rings (SSSR count). The highest BCUT2D eigenvalue weighted by atomic mass is 32.2. The Morgan fingerprint density at radius 1 is 1.14 bits per heavy atom. The summed E-state index contributed by atoms with van der Waals surface area (Å²) < 4.78 is 24.1. The molecule has 0 aliphatic carbocycles. The van der Waals surface area contributed by atoms with Crippen molar-refractivity contribution in [3.05, 3.63) is 35.9 Å². The Bertz CT molecular complexity index is 597. The lowest BCUT2D eigenvalue weighted by Crippen LogP contribution is -2.51. The van der Waals surface area contributed by atoms with Crippen LogP contribution in [-0.4, -0.2) is 32.5 Å². The third kappa shape index (κ3) is 6.40. The zero-order valence-corrected chi connectivity index (χ0v) is 13.1. The zero-order valence-electron chi connectivity index (χ0n) is 12.3. The first-order valence-corrected chi connectivity index (χ1v) is 8.43. The zero-order chi connectivity index (χ0) is 16.0. The van der Waals surface area contributed by atoms with Gasteiger partial charge in [0.25, 0.3) is 5.91 Å². The second-order valence-corrected chi connectivity index (χ2v) is 6.94. The molecule has 21 heavy (non-hydrogen) atoms. The minimum Gasteiger partial charge on any atom is -0.344 e. The van der Waals surface area contributed by atoms with Crippen molar-refractivity contribution in [2.45, 2.75) is 26.3 Å². The molecule has 7 heteroatoms. The summed E-state index contributed by atoms with van der Waals surface area (Å²) in [7, 11) is -3.65. The fourth-order valence-corrected chi connectivity index (χ4v) is 2.28. The predicted molar refractivity (Wildman–Crippen MR) is 79.9 cm³/mol. The number of hydrogen-bond donors (Lipinski definition) is 2. The second kappa shape index (κ2) is 7.21. The maximum absolute atomic E-state index is 12.0.